The number of hydrogen-bond donors (Lipinski definition) is 2. The third-order valence-corrected chi connectivity index (χ3v) is 2.50. The van der Waals surface area contributed by atoms with Gasteiger partial charge in [-0.2, -0.15) is 0 Å². The van der Waals surface area contributed by atoms with Crippen molar-refractivity contribution >= 4 is 5.91 Å². The van der Waals surface area contributed by atoms with Crippen molar-refractivity contribution in [2.45, 2.75) is 20.3 Å². The predicted molar refractivity (Wildman–Crippen MR) is 72.7 cm³/mol. The number of nitrogens with two attached hydrogens (primary N) is 1. The monoisotopic (exact) mass is 250 g/mol. The van der Waals surface area contributed by atoms with Crippen molar-refractivity contribution in [2.75, 3.05) is 26.3 Å². The van der Waals surface area contributed by atoms with Crippen LogP contribution in [0.5, 0.6) is 0 Å². The minimum atomic E-state index is -0.0272. The van der Waals surface area contributed by atoms with Crippen molar-refractivity contribution in [1.82, 2.24) is 5.32 Å². The summed E-state index contributed by atoms with van der Waals surface area (Å²) in [4.78, 5) is 11.9. The Morgan fingerprint density at radius 3 is 2.50 bits per heavy atom. The number of nitrogens with one attached hydrogen (secondary N) is 1. The second-order valence-corrected chi connectivity index (χ2v) is 4.39. The Hall–Kier alpha value is -1.39. The van der Waals surface area contributed by atoms with Gasteiger partial charge in [-0.1, -0.05) is 17.2 Å². The first-order valence-corrected chi connectivity index (χ1v) is 6.28. The summed E-state index contributed by atoms with van der Waals surface area (Å²) in [5.41, 5.74) is 8.23. The van der Waals surface area contributed by atoms with E-state index in [1.54, 1.807) is 0 Å². The Kier molecular flexibility index (Phi) is 6.39. The molecule has 1 amide bonds. The highest BCUT2D eigenvalue weighted by Gasteiger charge is 2.05. The highest BCUT2D eigenvalue weighted by molar-refractivity contribution is 5.94. The molecule has 1 aromatic rings. The van der Waals surface area contributed by atoms with E-state index >= 15 is 0 Å². The second-order valence-electron chi connectivity index (χ2n) is 4.39. The van der Waals surface area contributed by atoms with E-state index in [-0.39, 0.29) is 5.91 Å². The second kappa shape index (κ2) is 7.84. The van der Waals surface area contributed by atoms with E-state index in [2.05, 4.69) is 11.4 Å². The molecule has 0 saturated heterocycles. The first-order chi connectivity index (χ1) is 8.63. The van der Waals surface area contributed by atoms with Gasteiger partial charge in [-0.25, -0.2) is 0 Å². The molecule has 0 saturated carbocycles. The van der Waals surface area contributed by atoms with Gasteiger partial charge in [0.25, 0.3) is 5.91 Å². The van der Waals surface area contributed by atoms with Gasteiger partial charge in [-0.05, 0) is 32.4 Å². The van der Waals surface area contributed by atoms with Gasteiger partial charge in [-0.15, -0.1) is 0 Å². The average molecular weight is 250 g/mol. The van der Waals surface area contributed by atoms with Crippen LogP contribution < -0.4 is 11.1 Å². The molecule has 0 unspecified atom stereocenters. The lowest BCUT2D eigenvalue weighted by atomic mass is 10.1. The number of rotatable bonds is 7. The molecule has 0 atom stereocenters. The maximum absolute atomic E-state index is 11.9. The van der Waals surface area contributed by atoms with Crippen molar-refractivity contribution in [3.8, 4) is 0 Å². The van der Waals surface area contributed by atoms with E-state index in [1.807, 2.05) is 26.0 Å². The Morgan fingerprint density at radius 2 is 1.89 bits per heavy atom. The number of benzene rings is 1. The molecule has 0 bridgehead atoms. The molecule has 3 N–H and O–H groups in total. The maximum atomic E-state index is 11.9. The molecular weight excluding hydrogens is 228 g/mol. The summed E-state index contributed by atoms with van der Waals surface area (Å²) in [5.74, 6) is -0.0272. The lowest BCUT2D eigenvalue weighted by Gasteiger charge is -2.07. The summed E-state index contributed by atoms with van der Waals surface area (Å²) in [6.07, 6.45) is 0.802. The summed E-state index contributed by atoms with van der Waals surface area (Å²) in [6, 6.07) is 5.85. The van der Waals surface area contributed by atoms with Crippen LogP contribution in [0, 0.1) is 13.8 Å². The van der Waals surface area contributed by atoms with E-state index in [4.69, 9.17) is 10.5 Å². The molecule has 0 aliphatic rings. The largest absolute Gasteiger partial charge is 0.380 e. The molecule has 0 aliphatic heterocycles. The zero-order valence-electron chi connectivity index (χ0n) is 11.2. The predicted octanol–water partition coefficient (Wildman–Crippen LogP) is 1.40. The molecule has 0 aliphatic carbocycles. The molecule has 0 radical (unpaired) electrons. The molecule has 4 nitrogen and oxygen atoms in total. The van der Waals surface area contributed by atoms with Crippen LogP contribution in [-0.2, 0) is 4.74 Å². The maximum Gasteiger partial charge on any atom is 0.251 e. The topological polar surface area (TPSA) is 64.3 Å². The molecule has 0 spiro atoms. The third-order valence-electron chi connectivity index (χ3n) is 2.50. The first-order valence-electron chi connectivity index (χ1n) is 6.28. The Labute approximate surface area is 109 Å². The highest BCUT2D eigenvalue weighted by atomic mass is 16.5. The Morgan fingerprint density at radius 1 is 1.22 bits per heavy atom. The number of amides is 1. The van der Waals surface area contributed by atoms with E-state index in [0.717, 1.165) is 23.1 Å². The lowest BCUT2D eigenvalue weighted by Crippen LogP contribution is -2.25. The van der Waals surface area contributed by atoms with Crippen LogP contribution in [0.15, 0.2) is 18.2 Å². The van der Waals surface area contributed by atoms with Gasteiger partial charge in [-0.3, -0.25) is 4.79 Å². The zero-order chi connectivity index (χ0) is 13.4. The summed E-state index contributed by atoms with van der Waals surface area (Å²) in [7, 11) is 0. The first kappa shape index (κ1) is 14.7. The fourth-order valence-electron chi connectivity index (χ4n) is 1.77. The van der Waals surface area contributed by atoms with Crippen molar-refractivity contribution in [2.24, 2.45) is 5.73 Å². The summed E-state index contributed by atoms with van der Waals surface area (Å²) < 4.78 is 5.23. The van der Waals surface area contributed by atoms with Crippen LogP contribution in [0.1, 0.15) is 27.9 Å². The van der Waals surface area contributed by atoms with Crippen molar-refractivity contribution in [1.29, 1.82) is 0 Å². The molecule has 18 heavy (non-hydrogen) atoms. The van der Waals surface area contributed by atoms with E-state index in [0.29, 0.717) is 26.3 Å². The number of carbonyl (C=O) groups excluding carboxylic acids is 1. The molecule has 1 aromatic carbocycles. The van der Waals surface area contributed by atoms with Gasteiger partial charge in [0, 0.05) is 25.3 Å². The third kappa shape index (κ3) is 5.29. The van der Waals surface area contributed by atoms with Gasteiger partial charge in [0.15, 0.2) is 0 Å². The Balaban J connectivity index is 2.32. The fourth-order valence-corrected chi connectivity index (χ4v) is 1.77. The molecule has 0 heterocycles. The van der Waals surface area contributed by atoms with Gasteiger partial charge >= 0.3 is 0 Å². The SMILES string of the molecule is Cc1cc(C)cc(C(=O)NCCCOCCN)c1. The van der Waals surface area contributed by atoms with Crippen LogP contribution in [0.4, 0.5) is 0 Å². The minimum absolute atomic E-state index is 0.0272. The van der Waals surface area contributed by atoms with E-state index in [9.17, 15) is 4.79 Å². The molecule has 0 fully saturated rings. The average Bonchev–Trinajstić information content (AvgIpc) is 2.32. The van der Waals surface area contributed by atoms with E-state index in [1.165, 1.54) is 0 Å². The van der Waals surface area contributed by atoms with Crippen LogP contribution >= 0.6 is 0 Å². The normalized spacial score (nSPS) is 10.4. The number of ether oxygens (including phenoxy) is 1. The molecule has 1 rings (SSSR count). The standard InChI is InChI=1S/C14H22N2O2/c1-11-8-12(2)10-13(9-11)14(17)16-5-3-6-18-7-4-15/h8-10H,3-7,15H2,1-2H3,(H,16,17). The van der Waals surface area contributed by atoms with Crippen molar-refractivity contribution < 1.29 is 9.53 Å². The summed E-state index contributed by atoms with van der Waals surface area (Å²) in [5, 5.41) is 2.88. The van der Waals surface area contributed by atoms with Crippen molar-refractivity contribution in [3.63, 3.8) is 0 Å². The summed E-state index contributed by atoms with van der Waals surface area (Å²) in [6.45, 7) is 6.34. The zero-order valence-corrected chi connectivity index (χ0v) is 11.2. The minimum Gasteiger partial charge on any atom is -0.380 e. The number of aryl methyl sites for hydroxylation is 2. The van der Waals surface area contributed by atoms with Crippen LogP contribution in [-0.4, -0.2) is 32.2 Å². The number of carbonyl (C=O) groups is 1. The molecule has 4 heteroatoms. The van der Waals surface area contributed by atoms with Gasteiger partial charge < -0.3 is 15.8 Å². The quantitative estimate of drug-likeness (QED) is 0.719. The van der Waals surface area contributed by atoms with E-state index < -0.39 is 0 Å². The molecule has 100 valence electrons. The Bertz CT molecular complexity index is 371. The van der Waals surface area contributed by atoms with Gasteiger partial charge in [0.05, 0.1) is 6.61 Å². The van der Waals surface area contributed by atoms with Crippen LogP contribution in [0.3, 0.4) is 0 Å². The van der Waals surface area contributed by atoms with Crippen molar-refractivity contribution in [3.05, 3.63) is 34.9 Å². The lowest BCUT2D eigenvalue weighted by molar-refractivity contribution is 0.0943. The van der Waals surface area contributed by atoms with Gasteiger partial charge in [0.1, 0.15) is 0 Å². The van der Waals surface area contributed by atoms with Crippen LogP contribution in [0.25, 0.3) is 0 Å². The smallest absolute Gasteiger partial charge is 0.251 e. The fraction of sp³-hybridized carbons (Fsp3) is 0.500. The molecular formula is C14H22N2O2. The number of hydrogen-bond acceptors (Lipinski definition) is 3. The van der Waals surface area contributed by atoms with Crippen LogP contribution in [0.2, 0.25) is 0 Å². The summed E-state index contributed by atoms with van der Waals surface area (Å²) >= 11 is 0. The molecule has 0 aromatic heterocycles. The van der Waals surface area contributed by atoms with Gasteiger partial charge in [0.2, 0.25) is 0 Å². The highest BCUT2D eigenvalue weighted by Crippen LogP contribution is 2.08.